The first-order valence-electron chi connectivity index (χ1n) is 6.16. The second-order valence-corrected chi connectivity index (χ2v) is 5.12. The van der Waals surface area contributed by atoms with Gasteiger partial charge in [-0.2, -0.15) is 0 Å². The van der Waals surface area contributed by atoms with Gasteiger partial charge in [0.05, 0.1) is 0 Å². The van der Waals surface area contributed by atoms with Gasteiger partial charge >= 0.3 is 0 Å². The molecular weight excluding hydrogens is 226 g/mol. The van der Waals surface area contributed by atoms with Crippen LogP contribution in [0.25, 0.3) is 0 Å². The number of nitrogens with two attached hydrogens (primary N) is 1. The van der Waals surface area contributed by atoms with E-state index < -0.39 is 6.04 Å². The van der Waals surface area contributed by atoms with Crippen molar-refractivity contribution in [3.63, 3.8) is 0 Å². The van der Waals surface area contributed by atoms with Crippen molar-refractivity contribution in [3.05, 3.63) is 34.9 Å². The van der Waals surface area contributed by atoms with Crippen molar-refractivity contribution in [2.45, 2.75) is 32.7 Å². The van der Waals surface area contributed by atoms with Crippen molar-refractivity contribution in [2.24, 2.45) is 5.73 Å². The Hall–Kier alpha value is -1.39. The van der Waals surface area contributed by atoms with Gasteiger partial charge in [-0.25, -0.2) is 5.01 Å². The van der Waals surface area contributed by atoms with Crippen molar-refractivity contribution < 1.29 is 4.79 Å². The molecule has 0 spiro atoms. The van der Waals surface area contributed by atoms with Gasteiger partial charge in [0.2, 0.25) is 0 Å². The maximum atomic E-state index is 11.9. The summed E-state index contributed by atoms with van der Waals surface area (Å²) in [5.74, 6) is 0.234. The predicted molar refractivity (Wildman–Crippen MR) is 74.0 cm³/mol. The molecule has 0 aromatic heterocycles. The standard InChI is InChI=1S/C14H23N3O/c1-9(2)11-7-6-10(3)12(8-11)13(15)14(18)16-17(4)5/h6-9,13H,15H2,1-5H3,(H,16,18). The molecule has 0 aliphatic heterocycles. The Bertz CT molecular complexity index is 427. The zero-order valence-corrected chi connectivity index (χ0v) is 11.8. The molecule has 1 amide bonds. The van der Waals surface area contributed by atoms with Crippen LogP contribution in [0.5, 0.6) is 0 Å². The highest BCUT2D eigenvalue weighted by atomic mass is 16.2. The number of amides is 1. The second-order valence-electron chi connectivity index (χ2n) is 5.12. The summed E-state index contributed by atoms with van der Waals surface area (Å²) >= 11 is 0. The lowest BCUT2D eigenvalue weighted by atomic mass is 9.94. The number of benzene rings is 1. The van der Waals surface area contributed by atoms with E-state index in [4.69, 9.17) is 5.73 Å². The van der Waals surface area contributed by atoms with Gasteiger partial charge in [0.15, 0.2) is 0 Å². The summed E-state index contributed by atoms with van der Waals surface area (Å²) in [4.78, 5) is 11.9. The number of nitrogens with zero attached hydrogens (tertiary/aromatic N) is 1. The molecule has 3 N–H and O–H groups in total. The molecule has 18 heavy (non-hydrogen) atoms. The summed E-state index contributed by atoms with van der Waals surface area (Å²) < 4.78 is 0. The topological polar surface area (TPSA) is 58.4 Å². The summed E-state index contributed by atoms with van der Waals surface area (Å²) in [5, 5.41) is 1.60. The number of carbonyl (C=O) groups excluding carboxylic acids is 1. The lowest BCUT2D eigenvalue weighted by Gasteiger charge is -2.19. The summed E-state index contributed by atoms with van der Waals surface area (Å²) in [6.45, 7) is 6.22. The minimum atomic E-state index is -0.633. The Morgan fingerprint density at radius 1 is 1.33 bits per heavy atom. The minimum absolute atomic E-state index is 0.191. The van der Waals surface area contributed by atoms with E-state index in [-0.39, 0.29) is 5.91 Å². The van der Waals surface area contributed by atoms with Gasteiger partial charge in [0, 0.05) is 14.1 Å². The molecule has 0 saturated heterocycles. The van der Waals surface area contributed by atoms with E-state index in [1.807, 2.05) is 19.1 Å². The quantitative estimate of drug-likeness (QED) is 0.799. The van der Waals surface area contributed by atoms with Crippen LogP contribution in [0.3, 0.4) is 0 Å². The average Bonchev–Trinajstić information content (AvgIpc) is 2.27. The minimum Gasteiger partial charge on any atom is -0.316 e. The molecule has 1 aromatic rings. The van der Waals surface area contributed by atoms with Gasteiger partial charge in [-0.15, -0.1) is 0 Å². The van der Waals surface area contributed by atoms with E-state index in [2.05, 4.69) is 25.3 Å². The van der Waals surface area contributed by atoms with Crippen molar-refractivity contribution in [1.29, 1.82) is 0 Å². The maximum Gasteiger partial charge on any atom is 0.255 e. The highest BCUT2D eigenvalue weighted by molar-refractivity contribution is 5.82. The highest BCUT2D eigenvalue weighted by Gasteiger charge is 2.18. The van der Waals surface area contributed by atoms with Crippen LogP contribution in [-0.4, -0.2) is 25.0 Å². The Morgan fingerprint density at radius 3 is 2.44 bits per heavy atom. The predicted octanol–water partition coefficient (Wildman–Crippen LogP) is 1.71. The van der Waals surface area contributed by atoms with Gasteiger partial charge in [-0.3, -0.25) is 10.2 Å². The Balaban J connectivity index is 3.00. The van der Waals surface area contributed by atoms with Crippen LogP contribution in [0.4, 0.5) is 0 Å². The second kappa shape index (κ2) is 5.98. The number of nitrogens with one attached hydrogen (secondary N) is 1. The molecule has 0 bridgehead atoms. The monoisotopic (exact) mass is 249 g/mol. The Kier molecular flexibility index (Phi) is 4.87. The number of aryl methyl sites for hydroxylation is 1. The van der Waals surface area contributed by atoms with Crippen molar-refractivity contribution in [1.82, 2.24) is 10.4 Å². The third-order valence-electron chi connectivity index (χ3n) is 2.92. The van der Waals surface area contributed by atoms with Gasteiger partial charge in [-0.05, 0) is 29.5 Å². The molecule has 1 aromatic carbocycles. The van der Waals surface area contributed by atoms with E-state index in [9.17, 15) is 4.79 Å². The van der Waals surface area contributed by atoms with Crippen molar-refractivity contribution in [2.75, 3.05) is 14.1 Å². The van der Waals surface area contributed by atoms with Crippen LogP contribution in [0, 0.1) is 6.92 Å². The Morgan fingerprint density at radius 2 is 1.94 bits per heavy atom. The molecule has 1 unspecified atom stereocenters. The van der Waals surface area contributed by atoms with Crippen LogP contribution < -0.4 is 11.2 Å². The number of hydrogen-bond acceptors (Lipinski definition) is 3. The average molecular weight is 249 g/mol. The molecule has 0 heterocycles. The SMILES string of the molecule is Cc1ccc(C(C)C)cc1C(N)C(=O)NN(C)C. The zero-order valence-electron chi connectivity index (χ0n) is 11.8. The van der Waals surface area contributed by atoms with Crippen molar-refractivity contribution in [3.8, 4) is 0 Å². The third kappa shape index (κ3) is 3.55. The number of hydrogen-bond donors (Lipinski definition) is 2. The first kappa shape index (κ1) is 14.7. The fraction of sp³-hybridized carbons (Fsp3) is 0.500. The Labute approximate surface area is 109 Å². The molecular formula is C14H23N3O. The van der Waals surface area contributed by atoms with Crippen LogP contribution in [0.15, 0.2) is 18.2 Å². The zero-order chi connectivity index (χ0) is 13.9. The van der Waals surface area contributed by atoms with Gasteiger partial charge in [0.25, 0.3) is 5.91 Å². The first-order valence-corrected chi connectivity index (χ1v) is 6.16. The van der Waals surface area contributed by atoms with E-state index >= 15 is 0 Å². The summed E-state index contributed by atoms with van der Waals surface area (Å²) in [7, 11) is 3.53. The molecule has 0 radical (unpaired) electrons. The summed E-state index contributed by atoms with van der Waals surface area (Å²) in [6, 6.07) is 5.50. The van der Waals surface area contributed by atoms with Crippen LogP contribution in [0.2, 0.25) is 0 Å². The van der Waals surface area contributed by atoms with Gasteiger partial charge in [0.1, 0.15) is 6.04 Å². The van der Waals surface area contributed by atoms with E-state index in [0.29, 0.717) is 5.92 Å². The number of carbonyl (C=O) groups is 1. The molecule has 1 atom stereocenters. The van der Waals surface area contributed by atoms with Crippen molar-refractivity contribution >= 4 is 5.91 Å². The molecule has 0 saturated carbocycles. The summed E-state index contributed by atoms with van der Waals surface area (Å²) in [6.07, 6.45) is 0. The molecule has 1 rings (SSSR count). The third-order valence-corrected chi connectivity index (χ3v) is 2.92. The van der Waals surface area contributed by atoms with E-state index in [1.54, 1.807) is 19.1 Å². The largest absolute Gasteiger partial charge is 0.316 e. The number of rotatable bonds is 4. The molecule has 4 nitrogen and oxygen atoms in total. The lowest BCUT2D eigenvalue weighted by Crippen LogP contribution is -2.42. The summed E-state index contributed by atoms with van der Waals surface area (Å²) in [5.41, 5.74) is 11.8. The van der Waals surface area contributed by atoms with E-state index in [0.717, 1.165) is 11.1 Å². The lowest BCUT2D eigenvalue weighted by molar-refractivity contribution is -0.126. The van der Waals surface area contributed by atoms with Gasteiger partial charge in [-0.1, -0.05) is 32.0 Å². The molecule has 0 aliphatic rings. The normalized spacial score (nSPS) is 12.9. The van der Waals surface area contributed by atoms with E-state index in [1.165, 1.54) is 5.56 Å². The van der Waals surface area contributed by atoms with Crippen LogP contribution in [0.1, 0.15) is 42.5 Å². The highest BCUT2D eigenvalue weighted by Crippen LogP contribution is 2.22. The van der Waals surface area contributed by atoms with Crippen LogP contribution >= 0.6 is 0 Å². The fourth-order valence-electron chi connectivity index (χ4n) is 1.78. The molecule has 0 fully saturated rings. The molecule has 100 valence electrons. The first-order chi connectivity index (χ1) is 8.32. The van der Waals surface area contributed by atoms with Crippen LogP contribution in [-0.2, 0) is 4.79 Å². The van der Waals surface area contributed by atoms with Gasteiger partial charge < -0.3 is 5.73 Å². The fourth-order valence-corrected chi connectivity index (χ4v) is 1.78. The molecule has 0 aliphatic carbocycles. The smallest absolute Gasteiger partial charge is 0.255 e. The molecule has 4 heteroatoms. The number of hydrazine groups is 1. The maximum absolute atomic E-state index is 11.9.